The van der Waals surface area contributed by atoms with E-state index in [9.17, 15) is 9.50 Å². The van der Waals surface area contributed by atoms with Crippen molar-refractivity contribution in [1.82, 2.24) is 0 Å². The first-order chi connectivity index (χ1) is 8.22. The van der Waals surface area contributed by atoms with Crippen LogP contribution >= 0.6 is 11.6 Å². The fourth-order valence-electron chi connectivity index (χ4n) is 2.80. The summed E-state index contributed by atoms with van der Waals surface area (Å²) in [5.74, 6) is 0.413. The molecule has 0 radical (unpaired) electrons. The van der Waals surface area contributed by atoms with Crippen LogP contribution in [-0.2, 0) is 6.42 Å². The van der Waals surface area contributed by atoms with Crippen LogP contribution in [0.15, 0.2) is 18.2 Å². The first-order valence-electron chi connectivity index (χ1n) is 6.26. The SMILES string of the molecule is OCC(Cc1c(F)cccc1Cl)C1CCCC1. The molecule has 0 aromatic heterocycles. The van der Waals surface area contributed by atoms with Gasteiger partial charge in [-0.3, -0.25) is 0 Å². The van der Waals surface area contributed by atoms with Crippen LogP contribution in [0.5, 0.6) is 0 Å². The Kier molecular flexibility index (Phi) is 4.41. The number of hydrogen-bond acceptors (Lipinski definition) is 1. The van der Waals surface area contributed by atoms with Gasteiger partial charge < -0.3 is 5.11 Å². The molecular weight excluding hydrogens is 239 g/mol. The van der Waals surface area contributed by atoms with Gasteiger partial charge in [0.25, 0.3) is 0 Å². The van der Waals surface area contributed by atoms with Crippen LogP contribution in [0.25, 0.3) is 0 Å². The van der Waals surface area contributed by atoms with E-state index in [4.69, 9.17) is 11.6 Å². The normalized spacial score (nSPS) is 18.5. The molecule has 0 aliphatic heterocycles. The van der Waals surface area contributed by atoms with Crippen LogP contribution in [0.3, 0.4) is 0 Å². The summed E-state index contributed by atoms with van der Waals surface area (Å²) in [5, 5.41) is 9.94. The summed E-state index contributed by atoms with van der Waals surface area (Å²) in [4.78, 5) is 0. The van der Waals surface area contributed by atoms with Crippen molar-refractivity contribution < 1.29 is 9.50 Å². The molecule has 0 heterocycles. The quantitative estimate of drug-likeness (QED) is 0.868. The van der Waals surface area contributed by atoms with Crippen LogP contribution in [0.2, 0.25) is 5.02 Å². The maximum atomic E-state index is 13.7. The molecule has 1 aliphatic carbocycles. The summed E-state index contributed by atoms with van der Waals surface area (Å²) in [6.45, 7) is 0.120. The molecule has 0 spiro atoms. The monoisotopic (exact) mass is 256 g/mol. The second-order valence-corrected chi connectivity index (χ2v) is 5.30. The summed E-state index contributed by atoms with van der Waals surface area (Å²) < 4.78 is 13.7. The van der Waals surface area contributed by atoms with Crippen molar-refractivity contribution in [2.75, 3.05) is 6.61 Å². The third kappa shape index (κ3) is 2.99. The molecule has 1 N–H and O–H groups in total. The lowest BCUT2D eigenvalue weighted by Crippen LogP contribution is -2.19. The topological polar surface area (TPSA) is 20.2 Å². The summed E-state index contributed by atoms with van der Waals surface area (Å²) >= 11 is 6.02. The Hall–Kier alpha value is -0.600. The molecule has 0 amide bonds. The van der Waals surface area contributed by atoms with Crippen molar-refractivity contribution in [3.8, 4) is 0 Å². The van der Waals surface area contributed by atoms with E-state index in [2.05, 4.69) is 0 Å². The maximum Gasteiger partial charge on any atom is 0.127 e. The third-order valence-electron chi connectivity index (χ3n) is 3.83. The van der Waals surface area contributed by atoms with Crippen LogP contribution in [0.1, 0.15) is 31.2 Å². The molecule has 1 atom stereocenters. The molecule has 1 saturated carbocycles. The minimum atomic E-state index is -0.256. The summed E-state index contributed by atoms with van der Waals surface area (Å²) in [6.07, 6.45) is 5.31. The third-order valence-corrected chi connectivity index (χ3v) is 4.18. The minimum absolute atomic E-state index is 0.120. The Morgan fingerprint density at radius 3 is 2.65 bits per heavy atom. The van der Waals surface area contributed by atoms with Crippen molar-refractivity contribution in [3.05, 3.63) is 34.6 Å². The molecule has 1 aromatic rings. The molecule has 1 nitrogen and oxygen atoms in total. The largest absolute Gasteiger partial charge is 0.396 e. The fraction of sp³-hybridized carbons (Fsp3) is 0.571. The van der Waals surface area contributed by atoms with Gasteiger partial charge in [0.1, 0.15) is 5.82 Å². The van der Waals surface area contributed by atoms with Gasteiger partial charge in [0.2, 0.25) is 0 Å². The van der Waals surface area contributed by atoms with Crippen molar-refractivity contribution in [3.63, 3.8) is 0 Å². The van der Waals surface area contributed by atoms with Gasteiger partial charge in [-0.2, -0.15) is 0 Å². The molecule has 0 bridgehead atoms. The zero-order valence-electron chi connectivity index (χ0n) is 9.83. The van der Waals surface area contributed by atoms with Crippen molar-refractivity contribution in [2.45, 2.75) is 32.1 Å². The second-order valence-electron chi connectivity index (χ2n) is 4.89. The molecule has 1 fully saturated rings. The number of aliphatic hydroxyl groups excluding tert-OH is 1. The Bertz CT molecular complexity index is 354. The molecule has 94 valence electrons. The van der Waals surface area contributed by atoms with Crippen LogP contribution in [0.4, 0.5) is 4.39 Å². The molecule has 1 aliphatic rings. The molecule has 0 saturated heterocycles. The highest BCUT2D eigenvalue weighted by atomic mass is 35.5. The van der Waals surface area contributed by atoms with E-state index >= 15 is 0 Å². The molecule has 3 heteroatoms. The predicted molar refractivity (Wildman–Crippen MR) is 67.6 cm³/mol. The Morgan fingerprint density at radius 2 is 2.06 bits per heavy atom. The van der Waals surface area contributed by atoms with Crippen LogP contribution < -0.4 is 0 Å². The van der Waals surface area contributed by atoms with Gasteiger partial charge in [-0.1, -0.05) is 43.4 Å². The fourth-order valence-corrected chi connectivity index (χ4v) is 3.04. The first-order valence-corrected chi connectivity index (χ1v) is 6.64. The van der Waals surface area contributed by atoms with Crippen molar-refractivity contribution in [2.24, 2.45) is 11.8 Å². The molecule has 17 heavy (non-hydrogen) atoms. The number of aliphatic hydroxyl groups is 1. The van der Waals surface area contributed by atoms with E-state index in [0.717, 1.165) is 12.8 Å². The van der Waals surface area contributed by atoms with Gasteiger partial charge in [-0.15, -0.1) is 0 Å². The van der Waals surface area contributed by atoms with Gasteiger partial charge in [-0.05, 0) is 30.4 Å². The van der Waals surface area contributed by atoms with E-state index in [0.29, 0.717) is 22.9 Å². The minimum Gasteiger partial charge on any atom is -0.396 e. The summed E-state index contributed by atoms with van der Waals surface area (Å²) in [5.41, 5.74) is 0.556. The molecule has 1 aromatic carbocycles. The first kappa shape index (κ1) is 12.8. The lowest BCUT2D eigenvalue weighted by atomic mass is 9.86. The van der Waals surface area contributed by atoms with Crippen molar-refractivity contribution >= 4 is 11.6 Å². The second kappa shape index (κ2) is 5.83. The Labute approximate surface area is 107 Å². The average molecular weight is 257 g/mol. The lowest BCUT2D eigenvalue weighted by Gasteiger charge is -2.21. The molecule has 2 rings (SSSR count). The smallest absolute Gasteiger partial charge is 0.127 e. The highest BCUT2D eigenvalue weighted by molar-refractivity contribution is 6.31. The predicted octanol–water partition coefficient (Wildman–Crippen LogP) is 3.82. The average Bonchev–Trinajstić information content (AvgIpc) is 2.82. The zero-order chi connectivity index (χ0) is 12.3. The van der Waals surface area contributed by atoms with Gasteiger partial charge in [0.05, 0.1) is 0 Å². The van der Waals surface area contributed by atoms with E-state index in [1.165, 1.54) is 18.9 Å². The Morgan fingerprint density at radius 1 is 1.35 bits per heavy atom. The summed E-state index contributed by atoms with van der Waals surface area (Å²) in [7, 11) is 0. The Balaban J connectivity index is 2.12. The number of halogens is 2. The standard InChI is InChI=1S/C14H18ClFO/c15-13-6-3-7-14(16)12(13)8-11(9-17)10-4-1-2-5-10/h3,6-7,10-11,17H,1-2,4-5,8-9H2. The van der Waals surface area contributed by atoms with E-state index in [1.54, 1.807) is 12.1 Å². The van der Waals surface area contributed by atoms with Gasteiger partial charge in [0, 0.05) is 17.2 Å². The lowest BCUT2D eigenvalue weighted by molar-refractivity contribution is 0.175. The van der Waals surface area contributed by atoms with Gasteiger partial charge in [0.15, 0.2) is 0 Å². The van der Waals surface area contributed by atoms with Gasteiger partial charge >= 0.3 is 0 Å². The van der Waals surface area contributed by atoms with Crippen LogP contribution in [0, 0.1) is 17.7 Å². The van der Waals surface area contributed by atoms with Crippen molar-refractivity contribution in [1.29, 1.82) is 0 Å². The van der Waals surface area contributed by atoms with E-state index in [-0.39, 0.29) is 18.3 Å². The number of hydrogen-bond donors (Lipinski definition) is 1. The van der Waals surface area contributed by atoms with Gasteiger partial charge in [-0.25, -0.2) is 4.39 Å². The molecule has 1 unspecified atom stereocenters. The van der Waals surface area contributed by atoms with E-state index in [1.807, 2.05) is 0 Å². The maximum absolute atomic E-state index is 13.7. The molecular formula is C14H18ClFO. The summed E-state index contributed by atoms with van der Waals surface area (Å²) in [6, 6.07) is 4.76. The van der Waals surface area contributed by atoms with E-state index < -0.39 is 0 Å². The number of rotatable bonds is 4. The highest BCUT2D eigenvalue weighted by Crippen LogP contribution is 2.34. The number of benzene rings is 1. The zero-order valence-corrected chi connectivity index (χ0v) is 10.6. The van der Waals surface area contributed by atoms with Crippen LogP contribution in [-0.4, -0.2) is 11.7 Å². The highest BCUT2D eigenvalue weighted by Gasteiger charge is 2.26.